The highest BCUT2D eigenvalue weighted by molar-refractivity contribution is 7.07. The summed E-state index contributed by atoms with van der Waals surface area (Å²) in [5.74, 6) is 1.69. The standard InChI is InChI=1S/C15H24OS/c1-11(2)14-5-4-12(3)8-15(14,16)9-13-6-7-17-10-13/h6-7,10-12,14,16H,4-5,8-9H2,1-3H3. The molecule has 1 aromatic rings. The van der Waals surface area contributed by atoms with E-state index in [0.29, 0.717) is 17.8 Å². The summed E-state index contributed by atoms with van der Waals surface area (Å²) in [5.41, 5.74) is 0.824. The van der Waals surface area contributed by atoms with Crippen molar-refractivity contribution in [1.29, 1.82) is 0 Å². The maximum Gasteiger partial charge on any atom is 0.0721 e. The van der Waals surface area contributed by atoms with E-state index in [1.165, 1.54) is 18.4 Å². The molecular formula is C15H24OS. The van der Waals surface area contributed by atoms with E-state index in [1.807, 2.05) is 0 Å². The van der Waals surface area contributed by atoms with Gasteiger partial charge in [0.05, 0.1) is 5.60 Å². The molecule has 1 aliphatic rings. The number of hydrogen-bond donors (Lipinski definition) is 1. The lowest BCUT2D eigenvalue weighted by Gasteiger charge is -2.44. The van der Waals surface area contributed by atoms with Crippen LogP contribution in [0, 0.1) is 17.8 Å². The van der Waals surface area contributed by atoms with Gasteiger partial charge >= 0.3 is 0 Å². The third kappa shape index (κ3) is 2.92. The van der Waals surface area contributed by atoms with Crippen LogP contribution in [-0.4, -0.2) is 10.7 Å². The van der Waals surface area contributed by atoms with E-state index in [9.17, 15) is 5.11 Å². The van der Waals surface area contributed by atoms with Crippen molar-refractivity contribution in [3.8, 4) is 0 Å². The van der Waals surface area contributed by atoms with E-state index < -0.39 is 5.60 Å². The lowest BCUT2D eigenvalue weighted by molar-refractivity contribution is -0.0794. The summed E-state index contributed by atoms with van der Waals surface area (Å²) in [5, 5.41) is 15.3. The zero-order valence-corrected chi connectivity index (χ0v) is 12.0. The Balaban J connectivity index is 2.16. The van der Waals surface area contributed by atoms with Gasteiger partial charge < -0.3 is 5.11 Å². The minimum Gasteiger partial charge on any atom is -0.389 e. The summed E-state index contributed by atoms with van der Waals surface area (Å²) < 4.78 is 0. The van der Waals surface area contributed by atoms with E-state index in [-0.39, 0.29) is 0 Å². The van der Waals surface area contributed by atoms with Gasteiger partial charge in [0, 0.05) is 6.42 Å². The molecule has 1 aliphatic carbocycles. The van der Waals surface area contributed by atoms with Crippen LogP contribution in [-0.2, 0) is 6.42 Å². The molecule has 2 rings (SSSR count). The summed E-state index contributed by atoms with van der Waals surface area (Å²) in [6.07, 6.45) is 4.25. The van der Waals surface area contributed by atoms with Gasteiger partial charge in [0.1, 0.15) is 0 Å². The first-order valence-corrected chi connectivity index (χ1v) is 7.69. The molecule has 0 radical (unpaired) electrons. The van der Waals surface area contributed by atoms with E-state index in [1.54, 1.807) is 11.3 Å². The first kappa shape index (κ1) is 13.1. The third-order valence-corrected chi connectivity index (χ3v) is 4.99. The first-order valence-electron chi connectivity index (χ1n) is 6.75. The van der Waals surface area contributed by atoms with Crippen molar-refractivity contribution in [2.24, 2.45) is 17.8 Å². The van der Waals surface area contributed by atoms with E-state index in [2.05, 4.69) is 37.6 Å². The Kier molecular flexibility index (Phi) is 3.94. The maximum absolute atomic E-state index is 11.0. The molecule has 96 valence electrons. The molecule has 3 unspecified atom stereocenters. The molecule has 1 fully saturated rings. The molecule has 0 aliphatic heterocycles. The molecule has 1 heterocycles. The predicted molar refractivity (Wildman–Crippen MR) is 74.3 cm³/mol. The quantitative estimate of drug-likeness (QED) is 0.858. The number of hydrogen-bond acceptors (Lipinski definition) is 2. The molecule has 0 bridgehead atoms. The number of thiophene rings is 1. The highest BCUT2D eigenvalue weighted by Crippen LogP contribution is 2.42. The lowest BCUT2D eigenvalue weighted by atomic mass is 9.65. The molecule has 3 atom stereocenters. The number of rotatable bonds is 3. The van der Waals surface area contributed by atoms with Gasteiger partial charge in [-0.05, 0) is 53.0 Å². The Hall–Kier alpha value is -0.340. The zero-order valence-electron chi connectivity index (χ0n) is 11.1. The van der Waals surface area contributed by atoms with Crippen LogP contribution in [0.1, 0.15) is 45.6 Å². The topological polar surface area (TPSA) is 20.2 Å². The van der Waals surface area contributed by atoms with Gasteiger partial charge in [0.15, 0.2) is 0 Å². The minimum atomic E-state index is -0.479. The van der Waals surface area contributed by atoms with Gasteiger partial charge in [-0.3, -0.25) is 0 Å². The van der Waals surface area contributed by atoms with Crippen LogP contribution in [0.25, 0.3) is 0 Å². The fourth-order valence-electron chi connectivity index (χ4n) is 3.49. The van der Waals surface area contributed by atoms with Crippen molar-refractivity contribution in [2.75, 3.05) is 0 Å². The van der Waals surface area contributed by atoms with Crippen molar-refractivity contribution in [3.05, 3.63) is 22.4 Å². The average Bonchev–Trinajstić information content (AvgIpc) is 2.68. The predicted octanol–water partition coefficient (Wildman–Crippen LogP) is 4.11. The largest absolute Gasteiger partial charge is 0.389 e. The fourth-order valence-corrected chi connectivity index (χ4v) is 4.16. The van der Waals surface area contributed by atoms with Crippen LogP contribution in [0.3, 0.4) is 0 Å². The second kappa shape index (κ2) is 5.11. The van der Waals surface area contributed by atoms with Gasteiger partial charge in [-0.15, -0.1) is 0 Å². The summed E-state index contributed by atoms with van der Waals surface area (Å²) in [6.45, 7) is 6.77. The summed E-state index contributed by atoms with van der Waals surface area (Å²) in [4.78, 5) is 0. The summed E-state index contributed by atoms with van der Waals surface area (Å²) in [6, 6.07) is 2.15. The Morgan fingerprint density at radius 1 is 1.47 bits per heavy atom. The monoisotopic (exact) mass is 252 g/mol. The van der Waals surface area contributed by atoms with Crippen molar-refractivity contribution in [2.45, 2.75) is 52.1 Å². The summed E-state index contributed by atoms with van der Waals surface area (Å²) in [7, 11) is 0. The molecule has 1 aromatic heterocycles. The Morgan fingerprint density at radius 3 is 2.82 bits per heavy atom. The second-order valence-corrected chi connectivity index (χ2v) is 6.93. The smallest absolute Gasteiger partial charge is 0.0721 e. The van der Waals surface area contributed by atoms with Crippen molar-refractivity contribution in [1.82, 2.24) is 0 Å². The highest BCUT2D eigenvalue weighted by Gasteiger charge is 2.42. The van der Waals surface area contributed by atoms with Gasteiger partial charge in [0.2, 0.25) is 0 Å². The molecular weight excluding hydrogens is 228 g/mol. The molecule has 17 heavy (non-hydrogen) atoms. The normalized spacial score (nSPS) is 34.2. The Bertz CT molecular complexity index is 344. The van der Waals surface area contributed by atoms with E-state index in [0.717, 1.165) is 12.8 Å². The van der Waals surface area contributed by atoms with Crippen molar-refractivity contribution in [3.63, 3.8) is 0 Å². The molecule has 1 saturated carbocycles. The maximum atomic E-state index is 11.0. The first-order chi connectivity index (χ1) is 8.01. The average molecular weight is 252 g/mol. The van der Waals surface area contributed by atoms with Crippen LogP contribution in [0.15, 0.2) is 16.8 Å². The molecule has 1 nitrogen and oxygen atoms in total. The van der Waals surface area contributed by atoms with Crippen LogP contribution in [0.2, 0.25) is 0 Å². The highest BCUT2D eigenvalue weighted by atomic mass is 32.1. The van der Waals surface area contributed by atoms with Crippen LogP contribution in [0.4, 0.5) is 0 Å². The molecule has 2 heteroatoms. The molecule has 0 spiro atoms. The van der Waals surface area contributed by atoms with Crippen LogP contribution >= 0.6 is 11.3 Å². The Morgan fingerprint density at radius 2 is 2.24 bits per heavy atom. The minimum absolute atomic E-state index is 0.457. The lowest BCUT2D eigenvalue weighted by Crippen LogP contribution is -2.47. The zero-order chi connectivity index (χ0) is 12.5. The van der Waals surface area contributed by atoms with Crippen LogP contribution in [0.5, 0.6) is 0 Å². The van der Waals surface area contributed by atoms with Crippen molar-refractivity contribution >= 4 is 11.3 Å². The van der Waals surface area contributed by atoms with Gasteiger partial charge in [0.25, 0.3) is 0 Å². The molecule has 0 aromatic carbocycles. The van der Waals surface area contributed by atoms with Gasteiger partial charge in [-0.2, -0.15) is 11.3 Å². The van der Waals surface area contributed by atoms with E-state index >= 15 is 0 Å². The third-order valence-electron chi connectivity index (χ3n) is 4.26. The molecule has 0 amide bonds. The van der Waals surface area contributed by atoms with Crippen molar-refractivity contribution < 1.29 is 5.11 Å². The second-order valence-electron chi connectivity index (χ2n) is 6.15. The molecule has 1 N–H and O–H groups in total. The van der Waals surface area contributed by atoms with Gasteiger partial charge in [-0.25, -0.2) is 0 Å². The SMILES string of the molecule is CC1CCC(C(C)C)C(O)(Cc2ccsc2)C1. The number of aliphatic hydroxyl groups is 1. The van der Waals surface area contributed by atoms with Gasteiger partial charge in [-0.1, -0.05) is 27.2 Å². The van der Waals surface area contributed by atoms with E-state index in [4.69, 9.17) is 0 Å². The molecule has 0 saturated heterocycles. The summed E-state index contributed by atoms with van der Waals surface area (Å²) >= 11 is 1.73. The fraction of sp³-hybridized carbons (Fsp3) is 0.733. The Labute approximate surface area is 109 Å². The van der Waals surface area contributed by atoms with Crippen LogP contribution < -0.4 is 0 Å².